The molecule has 0 radical (unpaired) electrons. The number of anilines is 2. The van der Waals surface area contributed by atoms with Crippen molar-refractivity contribution in [2.24, 2.45) is 7.05 Å². The van der Waals surface area contributed by atoms with Gasteiger partial charge >= 0.3 is 6.09 Å². The minimum Gasteiger partial charge on any atom is -0.393 e. The average Bonchev–Trinajstić information content (AvgIpc) is 3.30. The van der Waals surface area contributed by atoms with Crippen LogP contribution in [0.5, 0.6) is 5.88 Å². The lowest BCUT2D eigenvalue weighted by atomic mass is 10.0. The molecular formula is C31H32N4O4. The first-order valence-corrected chi connectivity index (χ1v) is 13.0. The number of nitrogens with zero attached hydrogens (tertiary/aromatic N) is 2. The number of benzene rings is 3. The SMILES string of the molecule is Cc1ccc(-c2ccc(CNC(=O)Oc3cc(NC(=O)c4ccccc4N4CCOCC4)cn3C)cc2)cc1. The Morgan fingerprint density at radius 2 is 1.59 bits per heavy atom. The van der Waals surface area contributed by atoms with Crippen molar-refractivity contribution in [2.45, 2.75) is 13.5 Å². The smallest absolute Gasteiger partial charge is 0.393 e. The number of hydrogen-bond acceptors (Lipinski definition) is 5. The molecule has 1 aliphatic heterocycles. The van der Waals surface area contributed by atoms with E-state index < -0.39 is 6.09 Å². The molecule has 5 rings (SSSR count). The van der Waals surface area contributed by atoms with E-state index in [0.717, 1.165) is 35.5 Å². The van der Waals surface area contributed by atoms with Crippen molar-refractivity contribution in [1.29, 1.82) is 0 Å². The Labute approximate surface area is 228 Å². The number of carbonyl (C=O) groups is 2. The minimum atomic E-state index is -0.575. The molecule has 1 aliphatic rings. The summed E-state index contributed by atoms with van der Waals surface area (Å²) in [7, 11) is 1.75. The average molecular weight is 525 g/mol. The van der Waals surface area contributed by atoms with Gasteiger partial charge in [-0.05, 0) is 35.7 Å². The van der Waals surface area contributed by atoms with Crippen molar-refractivity contribution in [1.82, 2.24) is 9.88 Å². The second kappa shape index (κ2) is 11.9. The lowest BCUT2D eigenvalue weighted by Crippen LogP contribution is -2.37. The first-order chi connectivity index (χ1) is 19.0. The van der Waals surface area contributed by atoms with Crippen LogP contribution in [0.1, 0.15) is 21.5 Å². The molecule has 2 heterocycles. The number of carbonyl (C=O) groups excluding carboxylic acids is 2. The Balaban J connectivity index is 1.16. The fourth-order valence-electron chi connectivity index (χ4n) is 4.52. The van der Waals surface area contributed by atoms with Gasteiger partial charge in [0.15, 0.2) is 0 Å². The van der Waals surface area contributed by atoms with Gasteiger partial charge in [-0.15, -0.1) is 0 Å². The minimum absolute atomic E-state index is 0.229. The Morgan fingerprint density at radius 1 is 0.923 bits per heavy atom. The van der Waals surface area contributed by atoms with Gasteiger partial charge in [0.1, 0.15) is 0 Å². The van der Waals surface area contributed by atoms with E-state index >= 15 is 0 Å². The van der Waals surface area contributed by atoms with Crippen LogP contribution in [-0.4, -0.2) is 42.9 Å². The normalized spacial score (nSPS) is 13.1. The summed E-state index contributed by atoms with van der Waals surface area (Å²) in [6.45, 7) is 5.14. The first-order valence-electron chi connectivity index (χ1n) is 13.0. The molecule has 200 valence electrons. The number of para-hydroxylation sites is 1. The van der Waals surface area contributed by atoms with Crippen LogP contribution in [-0.2, 0) is 18.3 Å². The van der Waals surface area contributed by atoms with Crippen molar-refractivity contribution in [3.05, 3.63) is 102 Å². The highest BCUT2D eigenvalue weighted by Crippen LogP contribution is 2.25. The quantitative estimate of drug-likeness (QED) is 0.339. The van der Waals surface area contributed by atoms with Gasteiger partial charge in [0.05, 0.1) is 24.5 Å². The summed E-state index contributed by atoms with van der Waals surface area (Å²) in [6, 6.07) is 25.6. The van der Waals surface area contributed by atoms with Gasteiger partial charge in [-0.2, -0.15) is 0 Å². The van der Waals surface area contributed by atoms with Crippen LogP contribution >= 0.6 is 0 Å². The fourth-order valence-corrected chi connectivity index (χ4v) is 4.52. The van der Waals surface area contributed by atoms with E-state index in [1.165, 1.54) is 5.56 Å². The maximum atomic E-state index is 13.1. The molecule has 0 spiro atoms. The number of aryl methyl sites for hydroxylation is 2. The van der Waals surface area contributed by atoms with Gasteiger partial charge in [-0.3, -0.25) is 4.79 Å². The van der Waals surface area contributed by atoms with Gasteiger partial charge in [0.25, 0.3) is 5.91 Å². The van der Waals surface area contributed by atoms with E-state index in [-0.39, 0.29) is 5.91 Å². The summed E-state index contributed by atoms with van der Waals surface area (Å²) >= 11 is 0. The van der Waals surface area contributed by atoms with E-state index in [4.69, 9.17) is 9.47 Å². The number of amides is 2. The van der Waals surface area contributed by atoms with Crippen LogP contribution < -0.4 is 20.3 Å². The number of rotatable bonds is 7. The zero-order valence-electron chi connectivity index (χ0n) is 22.1. The summed E-state index contributed by atoms with van der Waals surface area (Å²) in [5, 5.41) is 5.71. The van der Waals surface area contributed by atoms with Gasteiger partial charge in [0.2, 0.25) is 5.88 Å². The highest BCUT2D eigenvalue weighted by molar-refractivity contribution is 6.08. The fraction of sp³-hybridized carbons (Fsp3) is 0.226. The molecule has 4 aromatic rings. The molecule has 2 amide bonds. The maximum absolute atomic E-state index is 13.1. The number of aromatic nitrogens is 1. The lowest BCUT2D eigenvalue weighted by Gasteiger charge is -2.30. The summed E-state index contributed by atoms with van der Waals surface area (Å²) in [5.74, 6) is 0.0896. The van der Waals surface area contributed by atoms with Gasteiger partial charge in [-0.25, -0.2) is 4.79 Å². The molecule has 1 aromatic heterocycles. The topological polar surface area (TPSA) is 84.8 Å². The van der Waals surface area contributed by atoms with Crippen LogP contribution in [0.3, 0.4) is 0 Å². The largest absolute Gasteiger partial charge is 0.414 e. The van der Waals surface area contributed by atoms with Crippen molar-refractivity contribution in [3.63, 3.8) is 0 Å². The van der Waals surface area contributed by atoms with Crippen molar-refractivity contribution in [3.8, 4) is 17.0 Å². The van der Waals surface area contributed by atoms with Crippen molar-refractivity contribution >= 4 is 23.4 Å². The van der Waals surface area contributed by atoms with Crippen molar-refractivity contribution in [2.75, 3.05) is 36.5 Å². The van der Waals surface area contributed by atoms with Gasteiger partial charge < -0.3 is 29.6 Å². The van der Waals surface area contributed by atoms with E-state index in [1.807, 2.05) is 42.5 Å². The highest BCUT2D eigenvalue weighted by atomic mass is 16.6. The molecule has 0 unspecified atom stereocenters. The Morgan fingerprint density at radius 3 is 2.31 bits per heavy atom. The van der Waals surface area contributed by atoms with Gasteiger partial charge in [0, 0.05) is 44.6 Å². The second-order valence-electron chi connectivity index (χ2n) is 9.55. The van der Waals surface area contributed by atoms with E-state index in [2.05, 4.69) is 46.7 Å². The summed E-state index contributed by atoms with van der Waals surface area (Å²) in [5.41, 5.74) is 6.44. The Bertz CT molecular complexity index is 1440. The predicted octanol–water partition coefficient (Wildman–Crippen LogP) is 5.38. The summed E-state index contributed by atoms with van der Waals surface area (Å²) in [4.78, 5) is 27.7. The predicted molar refractivity (Wildman–Crippen MR) is 152 cm³/mol. The molecule has 8 heteroatoms. The summed E-state index contributed by atoms with van der Waals surface area (Å²) in [6.07, 6.45) is 1.14. The zero-order chi connectivity index (χ0) is 27.2. The van der Waals surface area contributed by atoms with E-state index in [9.17, 15) is 9.59 Å². The third-order valence-corrected chi connectivity index (χ3v) is 6.69. The van der Waals surface area contributed by atoms with Crippen LogP contribution in [0.2, 0.25) is 0 Å². The van der Waals surface area contributed by atoms with Crippen LogP contribution in [0.15, 0.2) is 85.1 Å². The molecule has 0 saturated carbocycles. The molecule has 0 bridgehead atoms. The van der Waals surface area contributed by atoms with Gasteiger partial charge in [-0.1, -0.05) is 66.2 Å². The highest BCUT2D eigenvalue weighted by Gasteiger charge is 2.19. The first kappa shape index (κ1) is 26.1. The van der Waals surface area contributed by atoms with Crippen LogP contribution in [0, 0.1) is 6.92 Å². The number of ether oxygens (including phenoxy) is 2. The second-order valence-corrected chi connectivity index (χ2v) is 9.55. The molecule has 3 aromatic carbocycles. The molecular weight excluding hydrogens is 492 g/mol. The molecule has 1 fully saturated rings. The van der Waals surface area contributed by atoms with Crippen molar-refractivity contribution < 1.29 is 19.1 Å². The Kier molecular flexibility index (Phi) is 7.94. The molecule has 39 heavy (non-hydrogen) atoms. The molecule has 2 N–H and O–H groups in total. The third-order valence-electron chi connectivity index (χ3n) is 6.69. The molecule has 0 aliphatic carbocycles. The monoisotopic (exact) mass is 524 g/mol. The molecule has 0 atom stereocenters. The Hall–Kier alpha value is -4.56. The van der Waals surface area contributed by atoms with Crippen LogP contribution in [0.25, 0.3) is 11.1 Å². The standard InChI is InChI=1S/C31H32N4O4/c1-22-7-11-24(12-8-22)25-13-9-23(10-14-25)20-32-31(37)39-29-19-26(21-34(29)2)33-30(36)27-5-3-4-6-28(27)35-15-17-38-18-16-35/h3-14,19,21H,15-18,20H2,1-2H3,(H,32,37)(H,33,36). The zero-order valence-corrected chi connectivity index (χ0v) is 22.1. The van der Waals surface area contributed by atoms with Crippen LogP contribution in [0.4, 0.5) is 16.2 Å². The number of morpholine rings is 1. The number of hydrogen-bond donors (Lipinski definition) is 2. The third kappa shape index (κ3) is 6.48. The van der Waals surface area contributed by atoms with E-state index in [1.54, 1.807) is 29.9 Å². The molecule has 1 saturated heterocycles. The number of nitrogens with one attached hydrogen (secondary N) is 2. The molecule has 8 nitrogen and oxygen atoms in total. The maximum Gasteiger partial charge on any atom is 0.414 e. The van der Waals surface area contributed by atoms with E-state index in [0.29, 0.717) is 36.9 Å². The lowest BCUT2D eigenvalue weighted by molar-refractivity contribution is 0.102. The summed E-state index contributed by atoms with van der Waals surface area (Å²) < 4.78 is 12.6.